The average Bonchev–Trinajstić information content (AvgIpc) is 2.51. The van der Waals surface area contributed by atoms with E-state index in [1.54, 1.807) is 0 Å². The number of aryl methyl sites for hydroxylation is 1. The van der Waals surface area contributed by atoms with Crippen molar-refractivity contribution in [1.29, 1.82) is 0 Å². The van der Waals surface area contributed by atoms with Crippen molar-refractivity contribution in [2.24, 2.45) is 5.41 Å². The first kappa shape index (κ1) is 11.2. The average molecular weight is 195 g/mol. The van der Waals surface area contributed by atoms with Crippen LogP contribution in [0.4, 0.5) is 0 Å². The van der Waals surface area contributed by atoms with E-state index in [0.29, 0.717) is 6.04 Å². The number of rotatable bonds is 3. The van der Waals surface area contributed by atoms with Gasteiger partial charge in [0.15, 0.2) is 0 Å². The van der Waals surface area contributed by atoms with E-state index >= 15 is 0 Å². The summed E-state index contributed by atoms with van der Waals surface area (Å²) in [6.45, 7) is 9.73. The van der Waals surface area contributed by atoms with Gasteiger partial charge in [-0.25, -0.2) is 0 Å². The first-order valence-electron chi connectivity index (χ1n) is 5.18. The Bertz CT molecular complexity index is 283. The van der Waals surface area contributed by atoms with Crippen LogP contribution in [0.15, 0.2) is 12.4 Å². The van der Waals surface area contributed by atoms with E-state index in [-0.39, 0.29) is 5.41 Å². The summed E-state index contributed by atoms with van der Waals surface area (Å²) in [5, 5.41) is 7.64. The van der Waals surface area contributed by atoms with Gasteiger partial charge < -0.3 is 5.32 Å². The number of hydrogen-bond acceptors (Lipinski definition) is 2. The Balaban J connectivity index is 2.90. The molecule has 0 spiro atoms. The molecule has 0 aliphatic carbocycles. The monoisotopic (exact) mass is 195 g/mol. The molecule has 1 heterocycles. The van der Waals surface area contributed by atoms with Gasteiger partial charge in [-0.15, -0.1) is 0 Å². The highest BCUT2D eigenvalue weighted by Crippen LogP contribution is 2.31. The number of hydrogen-bond donors (Lipinski definition) is 1. The lowest BCUT2D eigenvalue weighted by molar-refractivity contribution is 0.287. The van der Waals surface area contributed by atoms with Crippen molar-refractivity contribution in [3.8, 4) is 0 Å². The predicted octanol–water partition coefficient (Wildman–Crippen LogP) is 2.21. The lowest BCUT2D eigenvalue weighted by atomic mass is 9.84. The van der Waals surface area contributed by atoms with E-state index in [1.165, 1.54) is 5.56 Å². The summed E-state index contributed by atoms with van der Waals surface area (Å²) >= 11 is 0. The third-order valence-corrected chi connectivity index (χ3v) is 2.47. The lowest BCUT2D eigenvalue weighted by Gasteiger charge is -2.29. The zero-order valence-electron chi connectivity index (χ0n) is 9.83. The van der Waals surface area contributed by atoms with Crippen molar-refractivity contribution >= 4 is 0 Å². The molecule has 1 N–H and O–H groups in total. The van der Waals surface area contributed by atoms with Crippen molar-refractivity contribution in [2.45, 2.75) is 40.3 Å². The van der Waals surface area contributed by atoms with Crippen LogP contribution in [0.1, 0.15) is 39.3 Å². The standard InChI is InChI=1S/C11H21N3/c1-6-14-8-9(7-13-14)10(12-5)11(2,3)4/h7-8,10,12H,6H2,1-5H3. The van der Waals surface area contributed by atoms with Crippen molar-refractivity contribution in [2.75, 3.05) is 7.05 Å². The maximum atomic E-state index is 4.29. The molecule has 0 aliphatic heterocycles. The molecule has 1 rings (SSSR count). The maximum absolute atomic E-state index is 4.29. The Morgan fingerprint density at radius 3 is 2.50 bits per heavy atom. The van der Waals surface area contributed by atoms with Gasteiger partial charge in [0.1, 0.15) is 0 Å². The van der Waals surface area contributed by atoms with Crippen LogP contribution in [-0.2, 0) is 6.54 Å². The van der Waals surface area contributed by atoms with Crippen molar-refractivity contribution < 1.29 is 0 Å². The van der Waals surface area contributed by atoms with Gasteiger partial charge in [-0.2, -0.15) is 5.10 Å². The summed E-state index contributed by atoms with van der Waals surface area (Å²) < 4.78 is 1.96. The zero-order valence-corrected chi connectivity index (χ0v) is 9.83. The molecule has 0 aliphatic rings. The quantitative estimate of drug-likeness (QED) is 0.801. The van der Waals surface area contributed by atoms with Crippen LogP contribution < -0.4 is 5.32 Å². The van der Waals surface area contributed by atoms with Gasteiger partial charge in [0.25, 0.3) is 0 Å². The minimum atomic E-state index is 0.219. The molecule has 1 unspecified atom stereocenters. The number of nitrogens with zero attached hydrogens (tertiary/aromatic N) is 2. The second kappa shape index (κ2) is 4.13. The molecule has 0 radical (unpaired) electrons. The molecule has 0 amide bonds. The van der Waals surface area contributed by atoms with E-state index in [1.807, 2.05) is 17.9 Å². The first-order valence-corrected chi connectivity index (χ1v) is 5.18. The minimum Gasteiger partial charge on any atom is -0.312 e. The Labute approximate surface area is 86.5 Å². The third-order valence-electron chi connectivity index (χ3n) is 2.47. The Hall–Kier alpha value is -0.830. The van der Waals surface area contributed by atoms with Crippen molar-refractivity contribution in [3.63, 3.8) is 0 Å². The number of nitrogens with one attached hydrogen (secondary N) is 1. The van der Waals surface area contributed by atoms with Gasteiger partial charge in [0.2, 0.25) is 0 Å². The molecular weight excluding hydrogens is 174 g/mol. The van der Waals surface area contributed by atoms with Gasteiger partial charge >= 0.3 is 0 Å². The summed E-state index contributed by atoms with van der Waals surface area (Å²) in [4.78, 5) is 0. The maximum Gasteiger partial charge on any atom is 0.0537 e. The molecule has 0 fully saturated rings. The fourth-order valence-corrected chi connectivity index (χ4v) is 1.80. The predicted molar refractivity (Wildman–Crippen MR) is 59.2 cm³/mol. The van der Waals surface area contributed by atoms with Crippen LogP contribution in [-0.4, -0.2) is 16.8 Å². The Morgan fingerprint density at radius 2 is 2.14 bits per heavy atom. The fraction of sp³-hybridized carbons (Fsp3) is 0.727. The number of aromatic nitrogens is 2. The molecular formula is C11H21N3. The summed E-state index contributed by atoms with van der Waals surface area (Å²) in [6.07, 6.45) is 4.07. The highest BCUT2D eigenvalue weighted by Gasteiger charge is 2.25. The van der Waals surface area contributed by atoms with Gasteiger partial charge in [-0.3, -0.25) is 4.68 Å². The molecule has 14 heavy (non-hydrogen) atoms. The minimum absolute atomic E-state index is 0.219. The highest BCUT2D eigenvalue weighted by atomic mass is 15.3. The van der Waals surface area contributed by atoms with Crippen LogP contribution in [0.25, 0.3) is 0 Å². The molecule has 0 bridgehead atoms. The van der Waals surface area contributed by atoms with E-state index in [9.17, 15) is 0 Å². The molecule has 0 aromatic carbocycles. The second-order valence-corrected chi connectivity index (χ2v) is 4.72. The summed E-state index contributed by atoms with van der Waals surface area (Å²) in [7, 11) is 2.00. The molecule has 3 heteroatoms. The van der Waals surface area contributed by atoms with Crippen LogP contribution in [0, 0.1) is 5.41 Å². The van der Waals surface area contributed by atoms with Gasteiger partial charge in [0.05, 0.1) is 6.20 Å². The summed E-state index contributed by atoms with van der Waals surface area (Å²) in [5.74, 6) is 0. The lowest BCUT2D eigenvalue weighted by Crippen LogP contribution is -2.29. The molecule has 0 saturated carbocycles. The summed E-state index contributed by atoms with van der Waals surface area (Å²) in [6, 6.07) is 0.364. The highest BCUT2D eigenvalue weighted by molar-refractivity contribution is 5.13. The van der Waals surface area contributed by atoms with Crippen LogP contribution >= 0.6 is 0 Å². The molecule has 1 aromatic rings. The fourth-order valence-electron chi connectivity index (χ4n) is 1.80. The third kappa shape index (κ3) is 2.35. The second-order valence-electron chi connectivity index (χ2n) is 4.72. The van der Waals surface area contributed by atoms with Crippen LogP contribution in [0.5, 0.6) is 0 Å². The molecule has 3 nitrogen and oxygen atoms in total. The molecule has 80 valence electrons. The van der Waals surface area contributed by atoms with Gasteiger partial charge in [-0.1, -0.05) is 20.8 Å². The van der Waals surface area contributed by atoms with Crippen molar-refractivity contribution in [3.05, 3.63) is 18.0 Å². The largest absolute Gasteiger partial charge is 0.312 e. The van der Waals surface area contributed by atoms with E-state index in [4.69, 9.17) is 0 Å². The van der Waals surface area contributed by atoms with Crippen molar-refractivity contribution in [1.82, 2.24) is 15.1 Å². The SMILES string of the molecule is CCn1cc(C(NC)C(C)(C)C)cn1. The molecule has 1 atom stereocenters. The van der Waals surface area contributed by atoms with E-state index in [0.717, 1.165) is 6.54 Å². The van der Waals surface area contributed by atoms with Gasteiger partial charge in [-0.05, 0) is 19.4 Å². The Kier molecular flexibility index (Phi) is 3.32. The first-order chi connectivity index (χ1) is 6.49. The summed E-state index contributed by atoms with van der Waals surface area (Å²) in [5.41, 5.74) is 1.48. The zero-order chi connectivity index (χ0) is 10.8. The Morgan fingerprint density at radius 1 is 1.50 bits per heavy atom. The van der Waals surface area contributed by atoms with Crippen LogP contribution in [0.2, 0.25) is 0 Å². The van der Waals surface area contributed by atoms with E-state index in [2.05, 4.69) is 44.3 Å². The smallest absolute Gasteiger partial charge is 0.0537 e. The molecule has 1 aromatic heterocycles. The van der Waals surface area contributed by atoms with Crippen LogP contribution in [0.3, 0.4) is 0 Å². The topological polar surface area (TPSA) is 29.9 Å². The normalized spacial score (nSPS) is 14.4. The van der Waals surface area contributed by atoms with Gasteiger partial charge in [0, 0.05) is 24.3 Å². The van der Waals surface area contributed by atoms with E-state index < -0.39 is 0 Å². The molecule has 0 saturated heterocycles.